The summed E-state index contributed by atoms with van der Waals surface area (Å²) in [4.78, 5) is 16.5. The van der Waals surface area contributed by atoms with Crippen molar-refractivity contribution in [2.75, 3.05) is 40.4 Å². The summed E-state index contributed by atoms with van der Waals surface area (Å²) in [6.07, 6.45) is 3.26. The van der Waals surface area contributed by atoms with Crippen molar-refractivity contribution in [3.8, 4) is 11.5 Å². The molecule has 2 aromatic rings. The molecule has 6 nitrogen and oxygen atoms in total. The minimum atomic E-state index is 0.00105. The van der Waals surface area contributed by atoms with Gasteiger partial charge in [-0.3, -0.25) is 9.69 Å². The van der Waals surface area contributed by atoms with Crippen LogP contribution in [0.25, 0.3) is 6.08 Å². The van der Waals surface area contributed by atoms with Crippen molar-refractivity contribution in [3.05, 3.63) is 52.4 Å². The normalized spacial score (nSPS) is 15.3. The summed E-state index contributed by atoms with van der Waals surface area (Å²) >= 11 is 3.25. The van der Waals surface area contributed by atoms with E-state index < -0.39 is 0 Å². The Morgan fingerprint density at radius 3 is 2.56 bits per heavy atom. The van der Waals surface area contributed by atoms with Gasteiger partial charge in [-0.05, 0) is 52.3 Å². The number of nitrogens with zero attached hydrogens (tertiary/aromatic N) is 2. The molecule has 1 aliphatic rings. The van der Waals surface area contributed by atoms with Crippen molar-refractivity contribution in [1.29, 1.82) is 0 Å². The molecule has 1 aliphatic heterocycles. The summed E-state index contributed by atoms with van der Waals surface area (Å²) in [6.45, 7) is 3.77. The lowest BCUT2D eigenvalue weighted by Crippen LogP contribution is -2.47. The summed E-state index contributed by atoms with van der Waals surface area (Å²) in [5.41, 5.74) is 1.08. The molecule has 2 heterocycles. The molecular weight excluding hydrogens is 412 g/mol. The number of methoxy groups -OCH3 is 2. The van der Waals surface area contributed by atoms with Crippen molar-refractivity contribution >= 4 is 27.9 Å². The number of hydrogen-bond donors (Lipinski definition) is 0. The van der Waals surface area contributed by atoms with Gasteiger partial charge in [-0.15, -0.1) is 0 Å². The van der Waals surface area contributed by atoms with Gasteiger partial charge in [0.25, 0.3) is 0 Å². The van der Waals surface area contributed by atoms with E-state index in [9.17, 15) is 4.79 Å². The van der Waals surface area contributed by atoms with Gasteiger partial charge in [0.15, 0.2) is 4.67 Å². The zero-order valence-corrected chi connectivity index (χ0v) is 17.1. The first kappa shape index (κ1) is 19.5. The topological polar surface area (TPSA) is 55.2 Å². The predicted molar refractivity (Wildman–Crippen MR) is 107 cm³/mol. The van der Waals surface area contributed by atoms with Crippen LogP contribution in [0, 0.1) is 0 Å². The van der Waals surface area contributed by atoms with Crippen LogP contribution in [0.15, 0.2) is 45.5 Å². The molecule has 3 rings (SSSR count). The molecule has 1 aromatic heterocycles. The highest BCUT2D eigenvalue weighted by molar-refractivity contribution is 9.10. The highest BCUT2D eigenvalue weighted by atomic mass is 79.9. The summed E-state index contributed by atoms with van der Waals surface area (Å²) < 4.78 is 16.8. The maximum atomic E-state index is 12.4. The van der Waals surface area contributed by atoms with Crippen LogP contribution in [0.2, 0.25) is 0 Å². The molecule has 1 aromatic carbocycles. The first-order chi connectivity index (χ1) is 13.1. The Labute approximate surface area is 167 Å². The molecular formula is C20H23BrN2O4. The number of furan rings is 1. The smallest absolute Gasteiger partial charge is 0.246 e. The third kappa shape index (κ3) is 5.14. The Balaban J connectivity index is 1.54. The number of piperazine rings is 1. The van der Waals surface area contributed by atoms with Gasteiger partial charge in [0.05, 0.1) is 14.2 Å². The maximum absolute atomic E-state index is 12.4. The van der Waals surface area contributed by atoms with E-state index in [2.05, 4.69) is 20.8 Å². The lowest BCUT2D eigenvalue weighted by atomic mass is 10.1. The fourth-order valence-electron chi connectivity index (χ4n) is 3.05. The fourth-order valence-corrected chi connectivity index (χ4v) is 3.37. The van der Waals surface area contributed by atoms with Crippen LogP contribution in [0.4, 0.5) is 0 Å². The largest absolute Gasteiger partial charge is 0.497 e. The molecule has 1 fully saturated rings. The molecule has 1 amide bonds. The van der Waals surface area contributed by atoms with E-state index in [-0.39, 0.29) is 5.91 Å². The van der Waals surface area contributed by atoms with Crippen LogP contribution in [0.3, 0.4) is 0 Å². The number of carbonyl (C=O) groups is 1. The second kappa shape index (κ2) is 9.10. The number of hydrogen-bond acceptors (Lipinski definition) is 5. The van der Waals surface area contributed by atoms with Gasteiger partial charge in [-0.1, -0.05) is 0 Å². The number of halogens is 1. The van der Waals surface area contributed by atoms with E-state index in [1.54, 1.807) is 32.4 Å². The second-order valence-electron chi connectivity index (χ2n) is 6.25. The lowest BCUT2D eigenvalue weighted by molar-refractivity contribution is -0.127. The number of rotatable bonds is 6. The molecule has 7 heteroatoms. The molecule has 0 spiro atoms. The van der Waals surface area contributed by atoms with Crippen LogP contribution >= 0.6 is 15.9 Å². The lowest BCUT2D eigenvalue weighted by Gasteiger charge is -2.34. The Morgan fingerprint density at radius 2 is 1.93 bits per heavy atom. The van der Waals surface area contributed by atoms with E-state index in [4.69, 9.17) is 13.9 Å². The Hall–Kier alpha value is -2.25. The molecule has 144 valence electrons. The third-order valence-corrected chi connectivity index (χ3v) is 4.98. The second-order valence-corrected chi connectivity index (χ2v) is 7.04. The van der Waals surface area contributed by atoms with Crippen LogP contribution in [0.1, 0.15) is 11.3 Å². The SMILES string of the molecule is COc1ccc(OC)c(CN2CCN(C(=O)C=Cc3ccc(Br)o3)CC2)c1. The minimum Gasteiger partial charge on any atom is -0.497 e. The highest BCUT2D eigenvalue weighted by Crippen LogP contribution is 2.25. The van der Waals surface area contributed by atoms with Gasteiger partial charge >= 0.3 is 0 Å². The number of carbonyl (C=O) groups excluding carboxylic acids is 1. The fraction of sp³-hybridized carbons (Fsp3) is 0.350. The average Bonchev–Trinajstić information content (AvgIpc) is 3.12. The van der Waals surface area contributed by atoms with Gasteiger partial charge in [0.1, 0.15) is 17.3 Å². The van der Waals surface area contributed by atoms with E-state index in [1.165, 1.54) is 0 Å². The molecule has 0 unspecified atom stereocenters. The zero-order chi connectivity index (χ0) is 19.2. The quantitative estimate of drug-likeness (QED) is 0.651. The Morgan fingerprint density at radius 1 is 1.15 bits per heavy atom. The predicted octanol–water partition coefficient (Wildman–Crippen LogP) is 3.42. The Bertz CT molecular complexity index is 810. The van der Waals surface area contributed by atoms with E-state index >= 15 is 0 Å². The van der Waals surface area contributed by atoms with E-state index in [0.29, 0.717) is 23.5 Å². The van der Waals surface area contributed by atoms with E-state index in [0.717, 1.165) is 36.7 Å². The molecule has 0 N–H and O–H groups in total. The number of benzene rings is 1. The third-order valence-electron chi connectivity index (χ3n) is 4.55. The monoisotopic (exact) mass is 434 g/mol. The summed E-state index contributed by atoms with van der Waals surface area (Å²) in [5, 5.41) is 0. The van der Waals surface area contributed by atoms with Crippen LogP contribution < -0.4 is 9.47 Å². The van der Waals surface area contributed by atoms with Crippen LogP contribution in [0.5, 0.6) is 11.5 Å². The highest BCUT2D eigenvalue weighted by Gasteiger charge is 2.21. The van der Waals surface area contributed by atoms with Gasteiger partial charge in [-0.2, -0.15) is 0 Å². The zero-order valence-electron chi connectivity index (χ0n) is 15.5. The number of amides is 1. The van der Waals surface area contributed by atoms with Gasteiger partial charge in [0.2, 0.25) is 5.91 Å². The summed E-state index contributed by atoms with van der Waals surface area (Å²) in [7, 11) is 3.33. The van der Waals surface area contributed by atoms with Crippen molar-refractivity contribution in [1.82, 2.24) is 9.80 Å². The van der Waals surface area contributed by atoms with Crippen molar-refractivity contribution in [2.24, 2.45) is 0 Å². The standard InChI is InChI=1S/C20H23BrN2O4/c1-25-17-3-6-18(26-2)15(13-17)14-22-9-11-23(12-10-22)20(24)8-5-16-4-7-19(21)27-16/h3-8,13H,9-12,14H2,1-2H3. The van der Waals surface area contributed by atoms with Gasteiger partial charge in [0, 0.05) is 44.4 Å². The van der Waals surface area contributed by atoms with Gasteiger partial charge < -0.3 is 18.8 Å². The molecule has 0 radical (unpaired) electrons. The minimum absolute atomic E-state index is 0.00105. The summed E-state index contributed by atoms with van der Waals surface area (Å²) in [6, 6.07) is 9.43. The molecule has 0 aliphatic carbocycles. The maximum Gasteiger partial charge on any atom is 0.246 e. The molecule has 0 atom stereocenters. The van der Waals surface area contributed by atoms with Crippen molar-refractivity contribution in [2.45, 2.75) is 6.54 Å². The first-order valence-electron chi connectivity index (χ1n) is 8.74. The van der Waals surface area contributed by atoms with Crippen molar-refractivity contribution in [3.63, 3.8) is 0 Å². The van der Waals surface area contributed by atoms with Crippen LogP contribution in [-0.4, -0.2) is 56.1 Å². The molecule has 0 bridgehead atoms. The Kier molecular flexibility index (Phi) is 6.58. The summed E-state index contributed by atoms with van der Waals surface area (Å²) in [5.74, 6) is 2.32. The average molecular weight is 435 g/mol. The molecule has 1 saturated heterocycles. The molecule has 0 saturated carbocycles. The first-order valence-corrected chi connectivity index (χ1v) is 9.54. The van der Waals surface area contributed by atoms with Crippen molar-refractivity contribution < 1.29 is 18.7 Å². The molecule has 27 heavy (non-hydrogen) atoms. The van der Waals surface area contributed by atoms with Crippen LogP contribution in [-0.2, 0) is 11.3 Å². The van der Waals surface area contributed by atoms with E-state index in [1.807, 2.05) is 29.2 Å². The van der Waals surface area contributed by atoms with Gasteiger partial charge in [-0.25, -0.2) is 0 Å². The number of ether oxygens (including phenoxy) is 2.